The molecule has 2 saturated heterocycles. The van der Waals surface area contributed by atoms with Gasteiger partial charge in [0.1, 0.15) is 0 Å². The van der Waals surface area contributed by atoms with Crippen LogP contribution in [0.5, 0.6) is 0 Å². The second-order valence-corrected chi connectivity index (χ2v) is 8.32. The number of piperidine rings is 1. The standard InChI is InChI=1S/C20H38N4O2/c1-17(2)24(16-15-22-11-7-5-6-8-12-22)19(25)18-9-13-23(14-10-18)20(26)21(3)4/h17-18H,5-16H2,1-4H3. The molecule has 2 aliphatic rings. The highest BCUT2D eigenvalue weighted by Gasteiger charge is 2.31. The Kier molecular flexibility index (Phi) is 8.19. The van der Waals surface area contributed by atoms with E-state index in [1.54, 1.807) is 19.0 Å². The number of carbonyl (C=O) groups excluding carboxylic acids is 2. The highest BCUT2D eigenvalue weighted by Crippen LogP contribution is 2.21. The Hall–Kier alpha value is -1.30. The SMILES string of the molecule is CC(C)N(CCN1CCCCCC1)C(=O)C1CCN(C(=O)N(C)C)CC1. The summed E-state index contributed by atoms with van der Waals surface area (Å²) in [7, 11) is 3.56. The van der Waals surface area contributed by atoms with Gasteiger partial charge in [-0.05, 0) is 52.6 Å². The fourth-order valence-electron chi connectivity index (χ4n) is 4.07. The van der Waals surface area contributed by atoms with Crippen LogP contribution < -0.4 is 0 Å². The van der Waals surface area contributed by atoms with Gasteiger partial charge in [-0.3, -0.25) is 4.79 Å². The second-order valence-electron chi connectivity index (χ2n) is 8.32. The van der Waals surface area contributed by atoms with Gasteiger partial charge in [-0.1, -0.05) is 12.8 Å². The molecular formula is C20H38N4O2. The van der Waals surface area contributed by atoms with Gasteiger partial charge in [0.05, 0.1) is 0 Å². The van der Waals surface area contributed by atoms with Crippen LogP contribution in [-0.4, -0.2) is 90.9 Å². The molecule has 0 N–H and O–H groups in total. The van der Waals surface area contributed by atoms with E-state index in [0.717, 1.165) is 25.9 Å². The number of nitrogens with zero attached hydrogens (tertiary/aromatic N) is 4. The summed E-state index contributed by atoms with van der Waals surface area (Å²) in [5.74, 6) is 0.347. The highest BCUT2D eigenvalue weighted by atomic mass is 16.2. The van der Waals surface area contributed by atoms with Crippen molar-refractivity contribution in [3.63, 3.8) is 0 Å². The third kappa shape index (κ3) is 5.86. The number of rotatable bonds is 5. The molecule has 0 aromatic heterocycles. The first-order valence-electron chi connectivity index (χ1n) is 10.4. The first-order chi connectivity index (χ1) is 12.4. The lowest BCUT2D eigenvalue weighted by atomic mass is 9.95. The van der Waals surface area contributed by atoms with Crippen LogP contribution in [0, 0.1) is 5.92 Å². The molecule has 0 saturated carbocycles. The number of hydrogen-bond donors (Lipinski definition) is 0. The molecule has 0 spiro atoms. The molecule has 0 bridgehead atoms. The maximum atomic E-state index is 13.1. The number of urea groups is 1. The molecule has 6 heteroatoms. The maximum Gasteiger partial charge on any atom is 0.319 e. The molecule has 0 aromatic carbocycles. The van der Waals surface area contributed by atoms with E-state index in [1.807, 2.05) is 4.90 Å². The molecule has 2 aliphatic heterocycles. The van der Waals surface area contributed by atoms with Crippen LogP contribution >= 0.6 is 0 Å². The van der Waals surface area contributed by atoms with Gasteiger partial charge in [0.25, 0.3) is 0 Å². The number of likely N-dealkylation sites (tertiary alicyclic amines) is 2. The van der Waals surface area contributed by atoms with Gasteiger partial charge in [0.15, 0.2) is 0 Å². The van der Waals surface area contributed by atoms with E-state index in [-0.39, 0.29) is 23.9 Å². The third-order valence-corrected chi connectivity index (χ3v) is 5.76. The molecule has 2 fully saturated rings. The smallest absolute Gasteiger partial charge is 0.319 e. The summed E-state index contributed by atoms with van der Waals surface area (Å²) in [6.45, 7) is 9.76. The predicted octanol–water partition coefficient (Wildman–Crippen LogP) is 2.49. The first-order valence-corrected chi connectivity index (χ1v) is 10.4. The van der Waals surface area contributed by atoms with E-state index in [9.17, 15) is 9.59 Å². The van der Waals surface area contributed by atoms with Gasteiger partial charge in [-0.15, -0.1) is 0 Å². The molecule has 0 unspecified atom stereocenters. The second kappa shape index (κ2) is 10.1. The zero-order chi connectivity index (χ0) is 19.1. The Morgan fingerprint density at radius 1 is 0.962 bits per heavy atom. The van der Waals surface area contributed by atoms with Crippen LogP contribution in [0.1, 0.15) is 52.4 Å². The van der Waals surface area contributed by atoms with E-state index >= 15 is 0 Å². The molecule has 2 heterocycles. The Labute approximate surface area is 159 Å². The minimum Gasteiger partial charge on any atom is -0.339 e. The van der Waals surface area contributed by atoms with Gasteiger partial charge in [-0.25, -0.2) is 4.79 Å². The third-order valence-electron chi connectivity index (χ3n) is 5.76. The molecule has 0 aliphatic carbocycles. The Morgan fingerprint density at radius 2 is 1.54 bits per heavy atom. The Morgan fingerprint density at radius 3 is 2.04 bits per heavy atom. The van der Waals surface area contributed by atoms with Crippen LogP contribution in [0.25, 0.3) is 0 Å². The lowest BCUT2D eigenvalue weighted by molar-refractivity contribution is -0.138. The molecule has 0 radical (unpaired) electrons. The van der Waals surface area contributed by atoms with E-state index in [0.29, 0.717) is 13.1 Å². The minimum atomic E-state index is 0.0535. The summed E-state index contributed by atoms with van der Waals surface area (Å²) >= 11 is 0. The molecule has 0 aromatic rings. The molecular weight excluding hydrogens is 328 g/mol. The summed E-state index contributed by atoms with van der Waals surface area (Å²) in [6, 6.07) is 0.286. The van der Waals surface area contributed by atoms with Crippen LogP contribution in [0.3, 0.4) is 0 Å². The fraction of sp³-hybridized carbons (Fsp3) is 0.900. The lowest BCUT2D eigenvalue weighted by Crippen LogP contribution is -2.49. The number of carbonyl (C=O) groups is 2. The average Bonchev–Trinajstić information content (AvgIpc) is 2.89. The zero-order valence-corrected chi connectivity index (χ0v) is 17.2. The molecule has 3 amide bonds. The molecule has 150 valence electrons. The molecule has 6 nitrogen and oxygen atoms in total. The summed E-state index contributed by atoms with van der Waals surface area (Å²) in [6.07, 6.45) is 6.82. The molecule has 0 atom stereocenters. The number of hydrogen-bond acceptors (Lipinski definition) is 3. The van der Waals surface area contributed by atoms with E-state index in [1.165, 1.54) is 38.8 Å². The topological polar surface area (TPSA) is 47.1 Å². The Bertz CT molecular complexity index is 451. The normalized spacial score (nSPS) is 20.1. The van der Waals surface area contributed by atoms with Crippen molar-refractivity contribution in [2.45, 2.75) is 58.4 Å². The zero-order valence-electron chi connectivity index (χ0n) is 17.2. The quantitative estimate of drug-likeness (QED) is 0.751. The van der Waals surface area contributed by atoms with Gasteiger partial charge >= 0.3 is 6.03 Å². The van der Waals surface area contributed by atoms with Crippen molar-refractivity contribution in [2.24, 2.45) is 5.92 Å². The van der Waals surface area contributed by atoms with Gasteiger partial charge in [0.2, 0.25) is 5.91 Å². The van der Waals surface area contributed by atoms with Crippen LogP contribution in [0.4, 0.5) is 4.79 Å². The molecule has 2 rings (SSSR count). The maximum absolute atomic E-state index is 13.1. The average molecular weight is 367 g/mol. The first kappa shape index (κ1) is 21.0. The minimum absolute atomic E-state index is 0.0535. The monoisotopic (exact) mass is 366 g/mol. The lowest BCUT2D eigenvalue weighted by Gasteiger charge is -2.37. The van der Waals surface area contributed by atoms with Crippen molar-refractivity contribution in [1.82, 2.24) is 19.6 Å². The van der Waals surface area contributed by atoms with Gasteiger partial charge in [-0.2, -0.15) is 0 Å². The summed E-state index contributed by atoms with van der Waals surface area (Å²) in [5, 5.41) is 0. The predicted molar refractivity (Wildman–Crippen MR) is 105 cm³/mol. The Balaban J connectivity index is 1.85. The van der Waals surface area contributed by atoms with E-state index in [2.05, 4.69) is 23.6 Å². The van der Waals surface area contributed by atoms with Crippen molar-refractivity contribution >= 4 is 11.9 Å². The van der Waals surface area contributed by atoms with Gasteiger partial charge < -0.3 is 19.6 Å². The number of amides is 3. The highest BCUT2D eigenvalue weighted by molar-refractivity contribution is 5.80. The van der Waals surface area contributed by atoms with Crippen molar-refractivity contribution in [2.75, 3.05) is 53.4 Å². The summed E-state index contributed by atoms with van der Waals surface area (Å²) in [4.78, 5) is 33.2. The van der Waals surface area contributed by atoms with Crippen molar-refractivity contribution in [1.29, 1.82) is 0 Å². The van der Waals surface area contributed by atoms with Crippen LogP contribution in [-0.2, 0) is 4.79 Å². The van der Waals surface area contributed by atoms with Crippen LogP contribution in [0.15, 0.2) is 0 Å². The van der Waals surface area contributed by atoms with Crippen LogP contribution in [0.2, 0.25) is 0 Å². The van der Waals surface area contributed by atoms with Crippen molar-refractivity contribution < 1.29 is 9.59 Å². The van der Waals surface area contributed by atoms with E-state index in [4.69, 9.17) is 0 Å². The van der Waals surface area contributed by atoms with Crippen molar-refractivity contribution in [3.05, 3.63) is 0 Å². The summed E-state index contributed by atoms with van der Waals surface area (Å²) in [5.41, 5.74) is 0. The van der Waals surface area contributed by atoms with E-state index < -0.39 is 0 Å². The largest absolute Gasteiger partial charge is 0.339 e. The molecule has 26 heavy (non-hydrogen) atoms. The summed E-state index contributed by atoms with van der Waals surface area (Å²) < 4.78 is 0. The fourth-order valence-corrected chi connectivity index (χ4v) is 4.07. The van der Waals surface area contributed by atoms with Gasteiger partial charge in [0, 0.05) is 52.2 Å². The van der Waals surface area contributed by atoms with Crippen molar-refractivity contribution in [3.8, 4) is 0 Å².